The second-order valence-electron chi connectivity index (χ2n) is 4.07. The van der Waals surface area contributed by atoms with Crippen LogP contribution < -0.4 is 10.5 Å². The van der Waals surface area contributed by atoms with Crippen molar-refractivity contribution < 1.29 is 4.74 Å². The summed E-state index contributed by atoms with van der Waals surface area (Å²) in [6.45, 7) is 0. The molecule has 3 rings (SSSR count). The molecule has 18 heavy (non-hydrogen) atoms. The van der Waals surface area contributed by atoms with Crippen molar-refractivity contribution in [3.8, 4) is 17.0 Å². The molecule has 0 saturated carbocycles. The number of hydrogen-bond donors (Lipinski definition) is 2. The fourth-order valence-electron chi connectivity index (χ4n) is 2.03. The molecule has 3 N–H and O–H groups in total. The second kappa shape index (κ2) is 4.07. The maximum atomic E-state index is 5.90. The average molecular weight is 239 g/mol. The fourth-order valence-corrected chi connectivity index (χ4v) is 2.03. The van der Waals surface area contributed by atoms with Gasteiger partial charge in [0.2, 0.25) is 0 Å². The summed E-state index contributed by atoms with van der Waals surface area (Å²) >= 11 is 0. The summed E-state index contributed by atoms with van der Waals surface area (Å²) in [6, 6.07) is 13.6. The number of aromatic amines is 1. The molecule has 90 valence electrons. The largest absolute Gasteiger partial charge is 0.497 e. The Bertz CT molecular complexity index is 686. The molecular weight excluding hydrogens is 226 g/mol. The smallest absolute Gasteiger partial charge is 0.118 e. The minimum atomic E-state index is 0.708. The van der Waals surface area contributed by atoms with E-state index >= 15 is 0 Å². The molecule has 0 saturated heterocycles. The standard InChI is InChI=1S/C14H13N3O/c1-18-10-7-5-9(6-8-10)13-11-3-2-4-12(15)14(11)17-16-13/h2-8H,15H2,1H3,(H,16,17). The van der Waals surface area contributed by atoms with E-state index in [4.69, 9.17) is 10.5 Å². The SMILES string of the molecule is COc1ccc(-c2n[nH]c3c(N)cccc23)cc1. The molecule has 0 aliphatic rings. The van der Waals surface area contributed by atoms with Gasteiger partial charge in [0.05, 0.1) is 24.0 Å². The van der Waals surface area contributed by atoms with Crippen LogP contribution in [0, 0.1) is 0 Å². The Hall–Kier alpha value is -2.49. The Morgan fingerprint density at radius 2 is 1.89 bits per heavy atom. The molecule has 0 unspecified atom stereocenters. The Morgan fingerprint density at radius 1 is 1.11 bits per heavy atom. The zero-order chi connectivity index (χ0) is 12.5. The number of nitrogens with zero attached hydrogens (tertiary/aromatic N) is 1. The van der Waals surface area contributed by atoms with Crippen molar-refractivity contribution in [1.29, 1.82) is 0 Å². The number of rotatable bonds is 2. The predicted molar refractivity (Wildman–Crippen MR) is 72.5 cm³/mol. The molecule has 0 amide bonds. The molecule has 3 aromatic rings. The summed E-state index contributed by atoms with van der Waals surface area (Å²) in [4.78, 5) is 0. The first-order valence-electron chi connectivity index (χ1n) is 5.66. The van der Waals surface area contributed by atoms with Gasteiger partial charge in [-0.2, -0.15) is 5.10 Å². The number of nitrogens with one attached hydrogen (secondary N) is 1. The van der Waals surface area contributed by atoms with Crippen LogP contribution in [-0.4, -0.2) is 17.3 Å². The van der Waals surface area contributed by atoms with Crippen molar-refractivity contribution >= 4 is 16.6 Å². The number of nitrogen functional groups attached to an aromatic ring is 1. The van der Waals surface area contributed by atoms with Crippen LogP contribution in [0.25, 0.3) is 22.2 Å². The van der Waals surface area contributed by atoms with E-state index in [0.717, 1.165) is 27.9 Å². The number of H-pyrrole nitrogens is 1. The van der Waals surface area contributed by atoms with E-state index in [1.54, 1.807) is 7.11 Å². The van der Waals surface area contributed by atoms with Gasteiger partial charge < -0.3 is 10.5 Å². The van der Waals surface area contributed by atoms with E-state index in [0.29, 0.717) is 5.69 Å². The van der Waals surface area contributed by atoms with Crippen LogP contribution in [0.2, 0.25) is 0 Å². The number of anilines is 1. The quantitative estimate of drug-likeness (QED) is 0.676. The lowest BCUT2D eigenvalue weighted by molar-refractivity contribution is 0.415. The van der Waals surface area contributed by atoms with Crippen LogP contribution in [0.5, 0.6) is 5.75 Å². The van der Waals surface area contributed by atoms with Gasteiger partial charge in [-0.25, -0.2) is 0 Å². The first-order chi connectivity index (χ1) is 8.79. The first kappa shape index (κ1) is 10.7. The molecule has 0 spiro atoms. The highest BCUT2D eigenvalue weighted by Crippen LogP contribution is 2.29. The van der Waals surface area contributed by atoms with E-state index in [1.807, 2.05) is 42.5 Å². The number of fused-ring (bicyclic) bond motifs is 1. The molecule has 1 aromatic heterocycles. The normalized spacial score (nSPS) is 10.7. The predicted octanol–water partition coefficient (Wildman–Crippen LogP) is 2.82. The van der Waals surface area contributed by atoms with Crippen molar-refractivity contribution in [2.45, 2.75) is 0 Å². The Balaban J connectivity index is 2.16. The van der Waals surface area contributed by atoms with E-state index < -0.39 is 0 Å². The van der Waals surface area contributed by atoms with E-state index in [-0.39, 0.29) is 0 Å². The summed E-state index contributed by atoms with van der Waals surface area (Å²) in [5, 5.41) is 8.34. The number of methoxy groups -OCH3 is 1. The molecule has 0 fully saturated rings. The van der Waals surface area contributed by atoms with Crippen molar-refractivity contribution in [3.63, 3.8) is 0 Å². The molecule has 1 heterocycles. The molecule has 4 nitrogen and oxygen atoms in total. The summed E-state index contributed by atoms with van der Waals surface area (Å²) < 4.78 is 5.14. The van der Waals surface area contributed by atoms with Gasteiger partial charge >= 0.3 is 0 Å². The maximum Gasteiger partial charge on any atom is 0.118 e. The summed E-state index contributed by atoms with van der Waals surface area (Å²) in [6.07, 6.45) is 0. The fraction of sp³-hybridized carbons (Fsp3) is 0.0714. The number of ether oxygens (including phenoxy) is 1. The van der Waals surface area contributed by atoms with Gasteiger partial charge in [0, 0.05) is 10.9 Å². The number of hydrogen-bond acceptors (Lipinski definition) is 3. The van der Waals surface area contributed by atoms with Crippen LogP contribution >= 0.6 is 0 Å². The van der Waals surface area contributed by atoms with Crippen molar-refractivity contribution in [2.75, 3.05) is 12.8 Å². The third-order valence-electron chi connectivity index (χ3n) is 2.99. The second-order valence-corrected chi connectivity index (χ2v) is 4.07. The first-order valence-corrected chi connectivity index (χ1v) is 5.66. The van der Waals surface area contributed by atoms with Crippen LogP contribution in [0.1, 0.15) is 0 Å². The average Bonchev–Trinajstić information content (AvgIpc) is 2.84. The van der Waals surface area contributed by atoms with Crippen molar-refractivity contribution in [3.05, 3.63) is 42.5 Å². The minimum Gasteiger partial charge on any atom is -0.497 e. The highest BCUT2D eigenvalue weighted by atomic mass is 16.5. The number of aromatic nitrogens is 2. The Morgan fingerprint density at radius 3 is 2.61 bits per heavy atom. The van der Waals surface area contributed by atoms with Gasteiger partial charge in [0.25, 0.3) is 0 Å². The summed E-state index contributed by atoms with van der Waals surface area (Å²) in [5.41, 5.74) is 9.43. The lowest BCUT2D eigenvalue weighted by atomic mass is 10.1. The number of benzene rings is 2. The van der Waals surface area contributed by atoms with E-state index in [2.05, 4.69) is 10.2 Å². The van der Waals surface area contributed by atoms with Gasteiger partial charge in [-0.05, 0) is 30.3 Å². The minimum absolute atomic E-state index is 0.708. The lowest BCUT2D eigenvalue weighted by Gasteiger charge is -2.01. The molecule has 0 radical (unpaired) electrons. The van der Waals surface area contributed by atoms with Gasteiger partial charge in [-0.1, -0.05) is 12.1 Å². The molecule has 4 heteroatoms. The van der Waals surface area contributed by atoms with Crippen LogP contribution in [0.15, 0.2) is 42.5 Å². The zero-order valence-electron chi connectivity index (χ0n) is 9.97. The van der Waals surface area contributed by atoms with Crippen LogP contribution in [0.4, 0.5) is 5.69 Å². The monoisotopic (exact) mass is 239 g/mol. The van der Waals surface area contributed by atoms with Gasteiger partial charge in [-0.3, -0.25) is 5.10 Å². The van der Waals surface area contributed by atoms with Crippen LogP contribution in [0.3, 0.4) is 0 Å². The summed E-state index contributed by atoms with van der Waals surface area (Å²) in [7, 11) is 1.65. The number of nitrogens with two attached hydrogens (primary N) is 1. The highest BCUT2D eigenvalue weighted by Gasteiger charge is 2.09. The third kappa shape index (κ3) is 1.59. The topological polar surface area (TPSA) is 63.9 Å². The Labute approximate surface area is 104 Å². The highest BCUT2D eigenvalue weighted by molar-refractivity contribution is 5.98. The van der Waals surface area contributed by atoms with Crippen molar-refractivity contribution in [1.82, 2.24) is 10.2 Å². The van der Waals surface area contributed by atoms with E-state index in [1.165, 1.54) is 0 Å². The molecule has 0 aliphatic heterocycles. The van der Waals surface area contributed by atoms with Gasteiger partial charge in [0.15, 0.2) is 0 Å². The molecule has 2 aromatic carbocycles. The molecule has 0 bridgehead atoms. The van der Waals surface area contributed by atoms with Crippen molar-refractivity contribution in [2.24, 2.45) is 0 Å². The number of para-hydroxylation sites is 1. The molecule has 0 aliphatic carbocycles. The third-order valence-corrected chi connectivity index (χ3v) is 2.99. The van der Waals surface area contributed by atoms with Gasteiger partial charge in [0.1, 0.15) is 5.75 Å². The summed E-state index contributed by atoms with van der Waals surface area (Å²) in [5.74, 6) is 0.832. The van der Waals surface area contributed by atoms with E-state index in [9.17, 15) is 0 Å². The zero-order valence-corrected chi connectivity index (χ0v) is 9.97. The van der Waals surface area contributed by atoms with Gasteiger partial charge in [-0.15, -0.1) is 0 Å². The Kier molecular flexibility index (Phi) is 2.41. The van der Waals surface area contributed by atoms with Crippen LogP contribution in [-0.2, 0) is 0 Å². The molecular formula is C14H13N3O. The molecule has 0 atom stereocenters. The maximum absolute atomic E-state index is 5.90. The lowest BCUT2D eigenvalue weighted by Crippen LogP contribution is -1.85.